The summed E-state index contributed by atoms with van der Waals surface area (Å²) in [7, 11) is 0. The molecule has 2 aromatic rings. The number of nitrogens with zero attached hydrogens (tertiary/aromatic N) is 1. The number of rotatable bonds is 9. The highest BCUT2D eigenvalue weighted by Gasteiger charge is 2.31. The Labute approximate surface area is 191 Å². The maximum atomic E-state index is 12.3. The zero-order valence-electron chi connectivity index (χ0n) is 17.6. The molecular formula is C21H22F3N3O5S. The Hall–Kier alpha value is -3.38. The lowest BCUT2D eigenvalue weighted by Crippen LogP contribution is -2.38. The predicted octanol–water partition coefficient (Wildman–Crippen LogP) is 3.89. The number of carbonyl (C=O) groups excluding carboxylic acids is 1. The fraction of sp³-hybridized carbons (Fsp3) is 0.238. The van der Waals surface area contributed by atoms with Crippen molar-refractivity contribution >= 4 is 23.7 Å². The summed E-state index contributed by atoms with van der Waals surface area (Å²) >= 11 is 0.931. The summed E-state index contributed by atoms with van der Waals surface area (Å²) in [5.41, 5.74) is 6.84. The molecule has 0 unspecified atom stereocenters. The van der Waals surface area contributed by atoms with E-state index in [-0.39, 0.29) is 10.8 Å². The summed E-state index contributed by atoms with van der Waals surface area (Å²) in [5, 5.41) is 10.1. The topological polar surface area (TPSA) is 128 Å². The number of nitrogens with two attached hydrogens (primary N) is 2. The zero-order valence-corrected chi connectivity index (χ0v) is 18.4. The molecule has 0 aliphatic rings. The molecule has 0 heterocycles. The van der Waals surface area contributed by atoms with Gasteiger partial charge in [0.15, 0.2) is 12.4 Å². The number of carbonyl (C=O) groups is 2. The van der Waals surface area contributed by atoms with Crippen molar-refractivity contribution in [2.24, 2.45) is 17.5 Å². The molecule has 0 saturated heterocycles. The number of hydrogen-bond acceptors (Lipinski definition) is 8. The number of esters is 1. The number of ether oxygens (including phenoxy) is 2. The number of hydrazine groups is 1. The van der Waals surface area contributed by atoms with Crippen molar-refractivity contribution in [3.63, 3.8) is 0 Å². The Morgan fingerprint density at radius 2 is 1.58 bits per heavy atom. The van der Waals surface area contributed by atoms with Crippen LogP contribution in [0.3, 0.4) is 0 Å². The number of carboxylic acids is 1. The second kappa shape index (κ2) is 11.0. The molecule has 0 fully saturated rings. The van der Waals surface area contributed by atoms with Crippen molar-refractivity contribution in [1.29, 1.82) is 0 Å². The first-order valence-corrected chi connectivity index (χ1v) is 10.2. The van der Waals surface area contributed by atoms with E-state index in [4.69, 9.17) is 16.3 Å². The fourth-order valence-electron chi connectivity index (χ4n) is 2.47. The number of aliphatic carboxylic acids is 1. The van der Waals surface area contributed by atoms with Crippen LogP contribution in [0.5, 0.6) is 5.75 Å². The maximum Gasteiger partial charge on any atom is 0.573 e. The summed E-state index contributed by atoms with van der Waals surface area (Å²) in [6, 6.07) is 12.1. The zero-order chi connectivity index (χ0) is 24.8. The average Bonchev–Trinajstić information content (AvgIpc) is 2.71. The smallest absolute Gasteiger partial charge is 0.476 e. The van der Waals surface area contributed by atoms with Crippen LogP contribution in [-0.2, 0) is 14.3 Å². The van der Waals surface area contributed by atoms with Gasteiger partial charge in [-0.3, -0.25) is 9.80 Å². The van der Waals surface area contributed by atoms with E-state index >= 15 is 0 Å². The third-order valence-electron chi connectivity index (χ3n) is 4.04. The van der Waals surface area contributed by atoms with Gasteiger partial charge in [-0.25, -0.2) is 10.6 Å². The van der Waals surface area contributed by atoms with Gasteiger partial charge in [-0.1, -0.05) is 49.9 Å². The number of alkyl halides is 3. The van der Waals surface area contributed by atoms with Crippen LogP contribution in [0.15, 0.2) is 64.2 Å². The van der Waals surface area contributed by atoms with Crippen LogP contribution < -0.4 is 16.3 Å². The van der Waals surface area contributed by atoms with Gasteiger partial charge in [0, 0.05) is 4.90 Å². The SMILES string of the molecule is CC(C)C(=O)OCN(N)/C(C(=O)O)=C(\N)Sc1ccc(-c2ccc(OC(F)(F)F)cc2)cc1. The molecule has 178 valence electrons. The lowest BCUT2D eigenvalue weighted by atomic mass is 10.1. The van der Waals surface area contributed by atoms with E-state index < -0.39 is 36.6 Å². The van der Waals surface area contributed by atoms with E-state index in [1.807, 2.05) is 0 Å². The van der Waals surface area contributed by atoms with E-state index in [9.17, 15) is 27.9 Å². The Kier molecular flexibility index (Phi) is 8.60. The minimum absolute atomic E-state index is 0.132. The second-order valence-corrected chi connectivity index (χ2v) is 8.05. The average molecular weight is 485 g/mol. The fourth-order valence-corrected chi connectivity index (χ4v) is 3.30. The number of hydrogen-bond donors (Lipinski definition) is 3. The standard InChI is InChI=1S/C21H22F3N3O5S/c1-12(2)20(30)31-11-27(26)17(19(28)29)18(25)33-16-9-5-14(6-10-16)13-3-7-15(8-4-13)32-21(22,23)24/h3-10,12H,11,25-26H2,1-2H3,(H,28,29)/b18-17+. The van der Waals surface area contributed by atoms with Crippen LogP contribution in [0.4, 0.5) is 13.2 Å². The molecule has 0 saturated carbocycles. The lowest BCUT2D eigenvalue weighted by molar-refractivity contribution is -0.274. The third kappa shape index (κ3) is 7.91. The van der Waals surface area contributed by atoms with Gasteiger partial charge in [0.2, 0.25) is 0 Å². The van der Waals surface area contributed by atoms with Crippen molar-refractivity contribution in [3.8, 4) is 16.9 Å². The van der Waals surface area contributed by atoms with Crippen molar-refractivity contribution in [3.05, 3.63) is 59.3 Å². The van der Waals surface area contributed by atoms with Crippen LogP contribution in [0.1, 0.15) is 13.8 Å². The molecule has 2 aromatic carbocycles. The van der Waals surface area contributed by atoms with Crippen LogP contribution in [0, 0.1) is 5.92 Å². The first-order chi connectivity index (χ1) is 15.4. The number of thioether (sulfide) groups is 1. The molecule has 33 heavy (non-hydrogen) atoms. The molecular weight excluding hydrogens is 463 g/mol. The van der Waals surface area contributed by atoms with Crippen molar-refractivity contribution in [1.82, 2.24) is 5.01 Å². The summed E-state index contributed by atoms with van der Waals surface area (Å²) in [4.78, 5) is 23.8. The predicted molar refractivity (Wildman–Crippen MR) is 115 cm³/mol. The highest BCUT2D eigenvalue weighted by Crippen LogP contribution is 2.30. The van der Waals surface area contributed by atoms with E-state index in [1.54, 1.807) is 38.1 Å². The van der Waals surface area contributed by atoms with Gasteiger partial charge in [0.25, 0.3) is 0 Å². The van der Waals surface area contributed by atoms with E-state index in [1.165, 1.54) is 24.3 Å². The minimum atomic E-state index is -4.77. The van der Waals surface area contributed by atoms with Crippen molar-refractivity contribution in [2.45, 2.75) is 25.1 Å². The highest BCUT2D eigenvalue weighted by molar-refractivity contribution is 8.03. The van der Waals surface area contributed by atoms with Crippen molar-refractivity contribution in [2.75, 3.05) is 6.73 Å². The monoisotopic (exact) mass is 485 g/mol. The van der Waals surface area contributed by atoms with Gasteiger partial charge in [0.05, 0.1) is 5.92 Å². The molecule has 8 nitrogen and oxygen atoms in total. The molecule has 5 N–H and O–H groups in total. The summed E-state index contributed by atoms with van der Waals surface area (Å²) < 4.78 is 45.6. The molecule has 0 radical (unpaired) electrons. The summed E-state index contributed by atoms with van der Waals surface area (Å²) in [5.74, 6) is 3.03. The molecule has 0 aliphatic carbocycles. The molecule has 0 atom stereocenters. The van der Waals surface area contributed by atoms with Crippen molar-refractivity contribution < 1.29 is 37.3 Å². The van der Waals surface area contributed by atoms with Crippen LogP contribution in [0.2, 0.25) is 0 Å². The lowest BCUT2D eigenvalue weighted by Gasteiger charge is -2.21. The molecule has 2 rings (SSSR count). The molecule has 0 amide bonds. The van der Waals surface area contributed by atoms with Gasteiger partial charge in [0.1, 0.15) is 10.8 Å². The first kappa shape index (κ1) is 25.9. The quantitative estimate of drug-likeness (QED) is 0.121. The van der Waals surface area contributed by atoms with E-state index in [0.29, 0.717) is 16.0 Å². The Bertz CT molecular complexity index is 1010. The molecule has 12 heteroatoms. The summed E-state index contributed by atoms with van der Waals surface area (Å²) in [6.07, 6.45) is -4.77. The Balaban J connectivity index is 2.12. The van der Waals surface area contributed by atoms with Gasteiger partial charge < -0.3 is 20.3 Å². The Morgan fingerprint density at radius 3 is 2.03 bits per heavy atom. The largest absolute Gasteiger partial charge is 0.573 e. The van der Waals surface area contributed by atoms with Crippen LogP contribution in [-0.4, -0.2) is 35.1 Å². The third-order valence-corrected chi connectivity index (χ3v) is 4.96. The molecule has 0 aromatic heterocycles. The van der Waals surface area contributed by atoms with Gasteiger partial charge >= 0.3 is 18.3 Å². The number of benzene rings is 2. The Morgan fingerprint density at radius 1 is 1.06 bits per heavy atom. The first-order valence-electron chi connectivity index (χ1n) is 9.43. The molecule has 0 bridgehead atoms. The van der Waals surface area contributed by atoms with Crippen LogP contribution in [0.25, 0.3) is 11.1 Å². The minimum Gasteiger partial charge on any atom is -0.476 e. The van der Waals surface area contributed by atoms with Gasteiger partial charge in [-0.05, 0) is 35.4 Å². The van der Waals surface area contributed by atoms with Gasteiger partial charge in [-0.15, -0.1) is 13.2 Å². The van der Waals surface area contributed by atoms with Gasteiger partial charge in [-0.2, -0.15) is 0 Å². The number of carboxylic acid groups (broad SMARTS) is 1. The number of halogens is 3. The second-order valence-electron chi connectivity index (χ2n) is 6.93. The molecule has 0 aliphatic heterocycles. The highest BCUT2D eigenvalue weighted by atomic mass is 32.2. The van der Waals surface area contributed by atoms with E-state index in [0.717, 1.165) is 16.8 Å². The maximum absolute atomic E-state index is 12.3. The van der Waals surface area contributed by atoms with Crippen LogP contribution >= 0.6 is 11.8 Å². The molecule has 0 spiro atoms. The summed E-state index contributed by atoms with van der Waals surface area (Å²) in [6.45, 7) is 2.75. The van der Waals surface area contributed by atoms with E-state index in [2.05, 4.69) is 4.74 Å². The normalized spacial score (nSPS) is 12.2.